The number of nitrogens with zero attached hydrogens (tertiary/aromatic N) is 1. The van der Waals surface area contributed by atoms with Gasteiger partial charge in [-0.2, -0.15) is 0 Å². The topological polar surface area (TPSA) is 40.5 Å². The van der Waals surface area contributed by atoms with Crippen molar-refractivity contribution >= 4 is 5.91 Å². The predicted molar refractivity (Wildman–Crippen MR) is 71.4 cm³/mol. The van der Waals surface area contributed by atoms with Crippen LogP contribution in [0.5, 0.6) is 0 Å². The molecule has 0 bridgehead atoms. The van der Waals surface area contributed by atoms with Crippen LogP contribution in [-0.4, -0.2) is 35.1 Å². The normalized spacial score (nSPS) is 16.6. The highest BCUT2D eigenvalue weighted by atomic mass is 16.3. The molecule has 18 heavy (non-hydrogen) atoms. The molecular formula is C15H21NO2. The van der Waals surface area contributed by atoms with Crippen molar-refractivity contribution in [3.63, 3.8) is 0 Å². The van der Waals surface area contributed by atoms with Gasteiger partial charge >= 0.3 is 0 Å². The first-order chi connectivity index (χ1) is 8.38. The number of β-amino-alcohol motifs (C(OH)–C–C–N with tert-alkyl or cyclic N) is 1. The Morgan fingerprint density at radius 2 is 1.89 bits per heavy atom. The number of aliphatic hydroxyl groups is 1. The van der Waals surface area contributed by atoms with Crippen molar-refractivity contribution in [3.8, 4) is 0 Å². The van der Waals surface area contributed by atoms with Crippen LogP contribution in [0.3, 0.4) is 0 Å². The molecule has 0 radical (unpaired) electrons. The highest BCUT2D eigenvalue weighted by molar-refractivity contribution is 5.78. The maximum Gasteiger partial charge on any atom is 0.223 e. The fourth-order valence-corrected chi connectivity index (χ4v) is 2.26. The van der Waals surface area contributed by atoms with Crippen molar-refractivity contribution in [3.05, 3.63) is 35.4 Å². The molecule has 0 aromatic heterocycles. The van der Waals surface area contributed by atoms with Gasteiger partial charge in [-0.3, -0.25) is 4.79 Å². The molecule has 1 saturated heterocycles. The second-order valence-electron chi connectivity index (χ2n) is 5.88. The fourth-order valence-electron chi connectivity index (χ4n) is 2.26. The standard InChI is InChI=1S/C15H21NO2/c1-11-4-6-12(7-5-11)15(2,3)8-14(18)16-9-13(17)10-16/h4-7,13,17H,8-10H2,1-3H3. The molecule has 1 fully saturated rings. The van der Waals surface area contributed by atoms with Gasteiger partial charge < -0.3 is 10.0 Å². The molecular weight excluding hydrogens is 226 g/mol. The van der Waals surface area contributed by atoms with Gasteiger partial charge in [-0.1, -0.05) is 43.7 Å². The molecule has 0 atom stereocenters. The van der Waals surface area contributed by atoms with E-state index in [1.54, 1.807) is 4.90 Å². The van der Waals surface area contributed by atoms with Crippen molar-refractivity contribution < 1.29 is 9.90 Å². The van der Waals surface area contributed by atoms with Crippen molar-refractivity contribution in [2.75, 3.05) is 13.1 Å². The van der Waals surface area contributed by atoms with E-state index in [0.717, 1.165) is 0 Å². The average molecular weight is 247 g/mol. The average Bonchev–Trinajstić information content (AvgIpc) is 2.24. The fraction of sp³-hybridized carbons (Fsp3) is 0.533. The highest BCUT2D eigenvalue weighted by Crippen LogP contribution is 2.28. The van der Waals surface area contributed by atoms with Gasteiger partial charge in [0.25, 0.3) is 0 Å². The van der Waals surface area contributed by atoms with Crippen LogP contribution in [0.1, 0.15) is 31.4 Å². The summed E-state index contributed by atoms with van der Waals surface area (Å²) >= 11 is 0. The molecule has 1 heterocycles. The Hall–Kier alpha value is -1.35. The number of carbonyl (C=O) groups excluding carboxylic acids is 1. The van der Waals surface area contributed by atoms with E-state index in [1.807, 2.05) is 0 Å². The minimum atomic E-state index is -0.323. The molecule has 0 aliphatic carbocycles. The van der Waals surface area contributed by atoms with E-state index in [4.69, 9.17) is 0 Å². The minimum Gasteiger partial charge on any atom is -0.389 e. The lowest BCUT2D eigenvalue weighted by molar-refractivity contribution is -0.142. The summed E-state index contributed by atoms with van der Waals surface area (Å²) in [7, 11) is 0. The Morgan fingerprint density at radius 3 is 2.39 bits per heavy atom. The monoisotopic (exact) mass is 247 g/mol. The van der Waals surface area contributed by atoms with Crippen molar-refractivity contribution in [2.24, 2.45) is 0 Å². The number of likely N-dealkylation sites (tertiary alicyclic amines) is 1. The first-order valence-corrected chi connectivity index (χ1v) is 6.41. The smallest absolute Gasteiger partial charge is 0.223 e. The number of aliphatic hydroxyl groups excluding tert-OH is 1. The van der Waals surface area contributed by atoms with Gasteiger partial charge in [0.2, 0.25) is 5.91 Å². The van der Waals surface area contributed by atoms with E-state index in [0.29, 0.717) is 19.5 Å². The van der Waals surface area contributed by atoms with Crippen LogP contribution in [0.25, 0.3) is 0 Å². The van der Waals surface area contributed by atoms with E-state index >= 15 is 0 Å². The molecule has 1 amide bonds. The van der Waals surface area contributed by atoms with Crippen molar-refractivity contribution in [2.45, 2.75) is 38.7 Å². The Balaban J connectivity index is 2.02. The van der Waals surface area contributed by atoms with Crippen LogP contribution in [0.15, 0.2) is 24.3 Å². The van der Waals surface area contributed by atoms with Crippen LogP contribution >= 0.6 is 0 Å². The molecule has 3 heteroatoms. The Bertz CT molecular complexity index is 430. The summed E-state index contributed by atoms with van der Waals surface area (Å²) in [6.07, 6.45) is 0.166. The zero-order valence-electron chi connectivity index (χ0n) is 11.3. The number of aryl methyl sites for hydroxylation is 1. The van der Waals surface area contributed by atoms with Gasteiger partial charge in [0.1, 0.15) is 0 Å². The number of hydrogen-bond donors (Lipinski definition) is 1. The summed E-state index contributed by atoms with van der Waals surface area (Å²) < 4.78 is 0. The second kappa shape index (κ2) is 4.73. The predicted octanol–water partition coefficient (Wildman–Crippen LogP) is 1.87. The zero-order valence-corrected chi connectivity index (χ0v) is 11.3. The maximum absolute atomic E-state index is 12.0. The Labute approximate surface area is 108 Å². The minimum absolute atomic E-state index is 0.130. The molecule has 1 N–H and O–H groups in total. The van der Waals surface area contributed by atoms with Gasteiger partial charge in [0.15, 0.2) is 0 Å². The first kappa shape index (κ1) is 13.1. The van der Waals surface area contributed by atoms with E-state index in [-0.39, 0.29) is 17.4 Å². The molecule has 98 valence electrons. The van der Waals surface area contributed by atoms with Gasteiger partial charge in [-0.15, -0.1) is 0 Å². The van der Waals surface area contributed by atoms with Crippen molar-refractivity contribution in [1.29, 1.82) is 0 Å². The lowest BCUT2D eigenvalue weighted by atomic mass is 9.80. The summed E-state index contributed by atoms with van der Waals surface area (Å²) in [6.45, 7) is 7.21. The Kier molecular flexibility index (Phi) is 3.44. The number of rotatable bonds is 3. The second-order valence-corrected chi connectivity index (χ2v) is 5.88. The molecule has 0 saturated carbocycles. The number of benzene rings is 1. The van der Waals surface area contributed by atoms with Gasteiger partial charge in [0.05, 0.1) is 6.10 Å². The molecule has 1 aromatic carbocycles. The SMILES string of the molecule is Cc1ccc(C(C)(C)CC(=O)N2CC(O)C2)cc1. The first-order valence-electron chi connectivity index (χ1n) is 6.41. The molecule has 1 aromatic rings. The third-order valence-electron chi connectivity index (χ3n) is 3.64. The molecule has 0 unspecified atom stereocenters. The van der Waals surface area contributed by atoms with Gasteiger partial charge in [-0.05, 0) is 17.9 Å². The van der Waals surface area contributed by atoms with E-state index in [1.165, 1.54) is 11.1 Å². The summed E-state index contributed by atoms with van der Waals surface area (Å²) in [4.78, 5) is 13.8. The number of carbonyl (C=O) groups is 1. The largest absolute Gasteiger partial charge is 0.389 e. The third kappa shape index (κ3) is 2.72. The lowest BCUT2D eigenvalue weighted by Crippen LogP contribution is -2.54. The summed E-state index contributed by atoms with van der Waals surface area (Å²) in [5.41, 5.74) is 2.25. The van der Waals surface area contributed by atoms with Crippen LogP contribution in [0, 0.1) is 6.92 Å². The van der Waals surface area contributed by atoms with Crippen LogP contribution in [0.4, 0.5) is 0 Å². The number of hydrogen-bond acceptors (Lipinski definition) is 2. The quantitative estimate of drug-likeness (QED) is 0.885. The van der Waals surface area contributed by atoms with Crippen LogP contribution in [0.2, 0.25) is 0 Å². The van der Waals surface area contributed by atoms with Gasteiger partial charge in [0, 0.05) is 19.5 Å². The summed E-state index contributed by atoms with van der Waals surface area (Å²) in [5, 5.41) is 9.22. The summed E-state index contributed by atoms with van der Waals surface area (Å²) in [5.74, 6) is 0.130. The highest BCUT2D eigenvalue weighted by Gasteiger charge is 2.33. The van der Waals surface area contributed by atoms with Crippen LogP contribution in [-0.2, 0) is 10.2 Å². The maximum atomic E-state index is 12.0. The van der Waals surface area contributed by atoms with Gasteiger partial charge in [-0.25, -0.2) is 0 Å². The van der Waals surface area contributed by atoms with Crippen molar-refractivity contribution in [1.82, 2.24) is 4.90 Å². The molecule has 1 aliphatic heterocycles. The van der Waals surface area contributed by atoms with E-state index in [9.17, 15) is 9.90 Å². The molecule has 1 aliphatic rings. The third-order valence-corrected chi connectivity index (χ3v) is 3.64. The Morgan fingerprint density at radius 1 is 1.33 bits per heavy atom. The number of amides is 1. The lowest BCUT2D eigenvalue weighted by Gasteiger charge is -2.38. The zero-order chi connectivity index (χ0) is 13.3. The molecule has 2 rings (SSSR count). The molecule has 0 spiro atoms. The van der Waals surface area contributed by atoms with Crippen LogP contribution < -0.4 is 0 Å². The van der Waals surface area contributed by atoms with E-state index in [2.05, 4.69) is 45.0 Å². The molecule has 3 nitrogen and oxygen atoms in total. The summed E-state index contributed by atoms with van der Waals surface area (Å²) in [6, 6.07) is 8.34. The van der Waals surface area contributed by atoms with E-state index < -0.39 is 0 Å².